The third-order valence-electron chi connectivity index (χ3n) is 4.02. The highest BCUT2D eigenvalue weighted by Gasteiger charge is 2.30. The van der Waals surface area contributed by atoms with Crippen LogP contribution in [0.25, 0.3) is 0 Å². The number of amides is 3. The van der Waals surface area contributed by atoms with E-state index in [4.69, 9.17) is 10.8 Å². The number of carbonyl (C=O) groups is 5. The number of carboxylic acid groups (broad SMARTS) is 2. The highest BCUT2D eigenvalue weighted by Crippen LogP contribution is 2.11. The number of hydrogen-bond acceptors (Lipinski definition) is 8. The molecule has 3 atom stereocenters. The van der Waals surface area contributed by atoms with Crippen molar-refractivity contribution in [2.75, 3.05) is 13.2 Å². The fourth-order valence-electron chi connectivity index (χ4n) is 2.44. The van der Waals surface area contributed by atoms with E-state index in [1.807, 2.05) is 0 Å². The van der Waals surface area contributed by atoms with Gasteiger partial charge in [-0.1, -0.05) is 12.1 Å². The number of phenolic OH excluding ortho intramolecular Hbond substituents is 1. The van der Waals surface area contributed by atoms with E-state index in [0.717, 1.165) is 0 Å². The largest absolute Gasteiger partial charge is 0.508 e. The van der Waals surface area contributed by atoms with E-state index in [0.29, 0.717) is 5.56 Å². The van der Waals surface area contributed by atoms with Crippen molar-refractivity contribution >= 4 is 29.7 Å². The first-order chi connectivity index (χ1) is 14.6. The predicted molar refractivity (Wildman–Crippen MR) is 104 cm³/mol. The third-order valence-corrected chi connectivity index (χ3v) is 4.02. The minimum Gasteiger partial charge on any atom is -0.508 e. The van der Waals surface area contributed by atoms with Crippen LogP contribution in [-0.4, -0.2) is 81.4 Å². The molecule has 1 rings (SSSR count). The Labute approximate surface area is 176 Å². The van der Waals surface area contributed by atoms with Crippen LogP contribution in [0.5, 0.6) is 5.75 Å². The number of carboxylic acids is 2. The van der Waals surface area contributed by atoms with E-state index in [9.17, 15) is 39.3 Å². The van der Waals surface area contributed by atoms with E-state index < -0.39 is 67.4 Å². The summed E-state index contributed by atoms with van der Waals surface area (Å²) in [6.45, 7) is -1.43. The molecule has 3 unspecified atom stereocenters. The van der Waals surface area contributed by atoms with Crippen LogP contribution in [0.3, 0.4) is 0 Å². The second-order valence-corrected chi connectivity index (χ2v) is 6.44. The Kier molecular flexibility index (Phi) is 9.88. The number of aliphatic hydroxyl groups is 1. The number of aliphatic carboxylic acids is 2. The third kappa shape index (κ3) is 8.67. The van der Waals surface area contributed by atoms with Crippen molar-refractivity contribution in [2.45, 2.75) is 31.0 Å². The maximum absolute atomic E-state index is 12.4. The monoisotopic (exact) mass is 440 g/mol. The zero-order valence-electron chi connectivity index (χ0n) is 16.3. The van der Waals surface area contributed by atoms with Gasteiger partial charge in [0.05, 0.1) is 19.6 Å². The minimum atomic E-state index is -1.61. The molecule has 0 saturated carbocycles. The molecule has 0 aliphatic rings. The van der Waals surface area contributed by atoms with Crippen LogP contribution in [-0.2, 0) is 30.4 Å². The van der Waals surface area contributed by atoms with Crippen LogP contribution in [0.2, 0.25) is 0 Å². The first kappa shape index (κ1) is 25.3. The van der Waals surface area contributed by atoms with Crippen LogP contribution >= 0.6 is 0 Å². The van der Waals surface area contributed by atoms with E-state index >= 15 is 0 Å². The average molecular weight is 440 g/mol. The lowest BCUT2D eigenvalue weighted by molar-refractivity contribution is -0.143. The van der Waals surface area contributed by atoms with Gasteiger partial charge in [-0.15, -0.1) is 0 Å². The lowest BCUT2D eigenvalue weighted by atomic mass is 10.1. The summed E-state index contributed by atoms with van der Waals surface area (Å²) in [5.41, 5.74) is 5.60. The van der Waals surface area contributed by atoms with Gasteiger partial charge in [-0.2, -0.15) is 0 Å². The van der Waals surface area contributed by atoms with Crippen molar-refractivity contribution < 1.29 is 44.4 Å². The number of phenols is 1. The van der Waals surface area contributed by atoms with Crippen molar-refractivity contribution in [1.29, 1.82) is 0 Å². The first-order valence-electron chi connectivity index (χ1n) is 9.00. The molecule has 31 heavy (non-hydrogen) atoms. The Bertz CT molecular complexity index is 813. The number of nitrogens with two attached hydrogens (primary N) is 1. The number of carbonyl (C=O) groups excluding carboxylic acids is 3. The van der Waals surface area contributed by atoms with Crippen LogP contribution in [0.15, 0.2) is 24.3 Å². The summed E-state index contributed by atoms with van der Waals surface area (Å²) in [5.74, 6) is -5.76. The van der Waals surface area contributed by atoms with E-state index in [2.05, 4.69) is 16.0 Å². The molecule has 0 spiro atoms. The van der Waals surface area contributed by atoms with Gasteiger partial charge in [0.1, 0.15) is 23.9 Å². The van der Waals surface area contributed by atoms with Gasteiger partial charge in [-0.05, 0) is 17.7 Å². The molecule has 1 aromatic carbocycles. The highest BCUT2D eigenvalue weighted by molar-refractivity contribution is 5.95. The van der Waals surface area contributed by atoms with Crippen LogP contribution in [0.4, 0.5) is 0 Å². The molecular formula is C18H24N4O9. The van der Waals surface area contributed by atoms with Crippen molar-refractivity contribution in [3.05, 3.63) is 29.8 Å². The van der Waals surface area contributed by atoms with Gasteiger partial charge in [0.2, 0.25) is 17.7 Å². The molecule has 0 bridgehead atoms. The van der Waals surface area contributed by atoms with Gasteiger partial charge in [0.25, 0.3) is 0 Å². The number of hydrogen-bond donors (Lipinski definition) is 8. The Morgan fingerprint density at radius 1 is 0.871 bits per heavy atom. The maximum atomic E-state index is 12.4. The SMILES string of the molecule is NCC(=O)NC(CC(=O)O)C(=O)NC(CO)C(=O)NC(Cc1ccc(O)cc1)C(=O)O. The van der Waals surface area contributed by atoms with Crippen LogP contribution < -0.4 is 21.7 Å². The molecule has 0 radical (unpaired) electrons. The quantitative estimate of drug-likeness (QED) is 0.163. The van der Waals surface area contributed by atoms with Crippen LogP contribution in [0.1, 0.15) is 12.0 Å². The molecule has 9 N–H and O–H groups in total. The van der Waals surface area contributed by atoms with E-state index in [-0.39, 0.29) is 12.2 Å². The predicted octanol–water partition coefficient (Wildman–Crippen LogP) is -3.10. The zero-order chi connectivity index (χ0) is 23.6. The fraction of sp³-hybridized carbons (Fsp3) is 0.389. The smallest absolute Gasteiger partial charge is 0.326 e. The normalized spacial score (nSPS) is 13.4. The molecule has 0 fully saturated rings. The van der Waals surface area contributed by atoms with Gasteiger partial charge in [-0.3, -0.25) is 19.2 Å². The van der Waals surface area contributed by atoms with Gasteiger partial charge in [0.15, 0.2) is 0 Å². The Hall–Kier alpha value is -3.71. The lowest BCUT2D eigenvalue weighted by Crippen LogP contribution is -2.57. The lowest BCUT2D eigenvalue weighted by Gasteiger charge is -2.22. The second-order valence-electron chi connectivity index (χ2n) is 6.44. The molecule has 0 aliphatic heterocycles. The molecule has 3 amide bonds. The summed E-state index contributed by atoms with van der Waals surface area (Å²) < 4.78 is 0. The number of nitrogens with one attached hydrogen (secondary N) is 3. The Balaban J connectivity index is 2.85. The van der Waals surface area contributed by atoms with Gasteiger partial charge < -0.3 is 42.1 Å². The molecule has 13 nitrogen and oxygen atoms in total. The van der Waals surface area contributed by atoms with E-state index in [1.54, 1.807) is 0 Å². The molecule has 170 valence electrons. The summed E-state index contributed by atoms with van der Waals surface area (Å²) >= 11 is 0. The number of benzene rings is 1. The van der Waals surface area contributed by atoms with Gasteiger partial charge >= 0.3 is 11.9 Å². The second kappa shape index (κ2) is 12.1. The molecule has 1 aromatic rings. The Morgan fingerprint density at radius 3 is 1.90 bits per heavy atom. The van der Waals surface area contributed by atoms with E-state index in [1.165, 1.54) is 24.3 Å². The zero-order valence-corrected chi connectivity index (χ0v) is 16.3. The molecular weight excluding hydrogens is 416 g/mol. The fourth-order valence-corrected chi connectivity index (χ4v) is 2.44. The molecule has 0 aromatic heterocycles. The average Bonchev–Trinajstić information content (AvgIpc) is 2.71. The summed E-state index contributed by atoms with van der Waals surface area (Å²) in [6.07, 6.45) is -0.961. The van der Waals surface area contributed by atoms with Crippen molar-refractivity contribution in [3.63, 3.8) is 0 Å². The minimum absolute atomic E-state index is 0.0274. The molecule has 0 saturated heterocycles. The number of aromatic hydroxyl groups is 1. The van der Waals surface area contributed by atoms with Crippen molar-refractivity contribution in [2.24, 2.45) is 5.73 Å². The topological polar surface area (TPSA) is 228 Å². The Morgan fingerprint density at radius 2 is 1.42 bits per heavy atom. The molecule has 0 aliphatic carbocycles. The first-order valence-corrected chi connectivity index (χ1v) is 9.00. The highest BCUT2D eigenvalue weighted by atomic mass is 16.4. The van der Waals surface area contributed by atoms with Crippen molar-refractivity contribution in [3.8, 4) is 5.75 Å². The summed E-state index contributed by atoms with van der Waals surface area (Å²) in [7, 11) is 0. The summed E-state index contributed by atoms with van der Waals surface area (Å²) in [5, 5.41) is 43.3. The van der Waals surface area contributed by atoms with Gasteiger partial charge in [0, 0.05) is 6.42 Å². The number of aliphatic hydroxyl groups excluding tert-OH is 1. The molecule has 13 heteroatoms. The summed E-state index contributed by atoms with van der Waals surface area (Å²) in [4.78, 5) is 58.5. The molecule has 0 heterocycles. The summed E-state index contributed by atoms with van der Waals surface area (Å²) in [6, 6.07) is 0.993. The number of rotatable bonds is 12. The van der Waals surface area contributed by atoms with Crippen LogP contribution in [0, 0.1) is 0 Å². The van der Waals surface area contributed by atoms with Crippen molar-refractivity contribution in [1.82, 2.24) is 16.0 Å². The standard InChI is InChI=1S/C18H24N4O9/c19-7-14(25)20-11(6-15(26)27)16(28)22-13(8-23)17(29)21-12(18(30)31)5-9-1-3-10(24)4-2-9/h1-4,11-13,23-24H,5-8,19H2,(H,20,25)(H,21,29)(H,22,28)(H,26,27)(H,30,31). The van der Waals surface area contributed by atoms with Gasteiger partial charge in [-0.25, -0.2) is 4.79 Å². The maximum Gasteiger partial charge on any atom is 0.326 e.